The molecule has 1 fully saturated rings. The van der Waals surface area contributed by atoms with E-state index >= 15 is 0 Å². The number of rotatable bonds is 4. The van der Waals surface area contributed by atoms with Crippen LogP contribution >= 0.6 is 27.7 Å². The van der Waals surface area contributed by atoms with Gasteiger partial charge in [0.2, 0.25) is 0 Å². The lowest BCUT2D eigenvalue weighted by molar-refractivity contribution is -0.135. The fourth-order valence-corrected chi connectivity index (χ4v) is 2.84. The Morgan fingerprint density at radius 3 is 2.83 bits per heavy atom. The molecule has 1 saturated heterocycles. The number of hydrogen-bond donors (Lipinski definition) is 2. The quantitative estimate of drug-likeness (QED) is 0.337. The molecule has 2 N–H and O–H groups in total. The fraction of sp³-hybridized carbons (Fsp3) is 0.143. The van der Waals surface area contributed by atoms with Crippen LogP contribution in [0, 0.1) is 0 Å². The first-order chi connectivity index (χ1) is 11.4. The Kier molecular flexibility index (Phi) is 5.99. The normalized spacial score (nSPS) is 17.5. The average molecular weight is 414 g/mol. The van der Waals surface area contributed by atoms with E-state index in [1.54, 1.807) is 6.07 Å². The molecule has 0 spiro atoms. The van der Waals surface area contributed by atoms with Crippen LogP contribution in [-0.2, 0) is 14.3 Å². The Morgan fingerprint density at radius 1 is 1.42 bits per heavy atom. The number of aromatic hydroxyl groups is 1. The third-order valence-corrected chi connectivity index (χ3v) is 4.27. The minimum Gasteiger partial charge on any atom is -0.507 e. The van der Waals surface area contributed by atoms with Gasteiger partial charge in [-0.25, -0.2) is 4.79 Å². The first-order valence-corrected chi connectivity index (χ1v) is 8.02. The summed E-state index contributed by atoms with van der Waals surface area (Å²) in [5, 5.41) is 20.2. The van der Waals surface area contributed by atoms with Gasteiger partial charge in [-0.3, -0.25) is 10.1 Å². The molecule has 0 bridgehead atoms. The van der Waals surface area contributed by atoms with Gasteiger partial charge in [0.15, 0.2) is 5.17 Å². The van der Waals surface area contributed by atoms with Crippen LogP contribution in [0.25, 0.3) is 0 Å². The maximum absolute atomic E-state index is 11.6. The molecule has 10 heteroatoms. The number of phenols is 1. The second-order valence-electron chi connectivity index (χ2n) is 4.28. The molecule has 0 atom stereocenters. The second-order valence-corrected chi connectivity index (χ2v) is 6.17. The van der Waals surface area contributed by atoms with E-state index in [-0.39, 0.29) is 15.8 Å². The summed E-state index contributed by atoms with van der Waals surface area (Å²) in [6.07, 6.45) is 2.38. The molecule has 0 saturated carbocycles. The van der Waals surface area contributed by atoms with E-state index in [1.807, 2.05) is 0 Å². The van der Waals surface area contributed by atoms with Crippen molar-refractivity contribution in [1.29, 1.82) is 0 Å². The summed E-state index contributed by atoms with van der Waals surface area (Å²) in [4.78, 5) is 22.9. The van der Waals surface area contributed by atoms with Crippen molar-refractivity contribution >= 4 is 51.0 Å². The number of benzene rings is 1. The molecule has 1 aromatic rings. The number of methoxy groups -OCH3 is 2. The molecule has 0 unspecified atom stereocenters. The molecule has 0 aliphatic carbocycles. The molecule has 1 aliphatic rings. The van der Waals surface area contributed by atoms with E-state index in [9.17, 15) is 14.7 Å². The molecular formula is C14H12BrN3O5S. The SMILES string of the molecule is COC(=O)/C=C1/S/C(=N\N=Cc2cc(OC)c(Br)cc2O)NC1=O. The van der Waals surface area contributed by atoms with Crippen molar-refractivity contribution in [2.24, 2.45) is 10.2 Å². The molecule has 1 aliphatic heterocycles. The lowest BCUT2D eigenvalue weighted by Gasteiger charge is -2.05. The van der Waals surface area contributed by atoms with Gasteiger partial charge in [0.05, 0.1) is 29.8 Å². The summed E-state index contributed by atoms with van der Waals surface area (Å²) in [5.41, 5.74) is 0.388. The smallest absolute Gasteiger partial charge is 0.331 e. The van der Waals surface area contributed by atoms with E-state index in [4.69, 9.17) is 4.74 Å². The molecular weight excluding hydrogens is 402 g/mol. The maximum atomic E-state index is 11.6. The number of amides is 1. The van der Waals surface area contributed by atoms with E-state index < -0.39 is 11.9 Å². The number of esters is 1. The number of nitrogens with zero attached hydrogens (tertiary/aromatic N) is 2. The molecule has 8 nitrogen and oxygen atoms in total. The monoisotopic (exact) mass is 413 g/mol. The third kappa shape index (κ3) is 4.36. The van der Waals surface area contributed by atoms with Gasteiger partial charge in [0.25, 0.3) is 5.91 Å². The molecule has 126 valence electrons. The summed E-state index contributed by atoms with van der Waals surface area (Å²) in [6, 6.07) is 3.04. The standard InChI is InChI=1S/C14H12BrN3O5S/c1-22-10-3-7(9(19)4-8(10)15)6-16-18-14-17-13(21)11(24-14)5-12(20)23-2/h3-6,19H,1-2H3,(H,17,18,21)/b11-5+,16-6?. The van der Waals surface area contributed by atoms with Crippen LogP contribution in [0.5, 0.6) is 11.5 Å². The minimum atomic E-state index is -0.635. The minimum absolute atomic E-state index is 0.0130. The zero-order valence-electron chi connectivity index (χ0n) is 12.6. The second kappa shape index (κ2) is 7.97. The summed E-state index contributed by atoms with van der Waals surface area (Å²) < 4.78 is 10.2. The highest BCUT2D eigenvalue weighted by Gasteiger charge is 2.25. The fourth-order valence-electron chi connectivity index (χ4n) is 1.60. The van der Waals surface area contributed by atoms with Crippen molar-refractivity contribution in [2.75, 3.05) is 14.2 Å². The van der Waals surface area contributed by atoms with Crippen molar-refractivity contribution in [3.63, 3.8) is 0 Å². The van der Waals surface area contributed by atoms with Gasteiger partial charge in [-0.2, -0.15) is 5.10 Å². The highest BCUT2D eigenvalue weighted by atomic mass is 79.9. The highest BCUT2D eigenvalue weighted by Crippen LogP contribution is 2.31. The molecule has 0 aromatic heterocycles. The topological polar surface area (TPSA) is 110 Å². The van der Waals surface area contributed by atoms with Gasteiger partial charge in [-0.15, -0.1) is 5.10 Å². The molecule has 1 heterocycles. The van der Waals surface area contributed by atoms with E-state index in [0.29, 0.717) is 15.8 Å². The van der Waals surface area contributed by atoms with Crippen LogP contribution in [0.4, 0.5) is 0 Å². The Labute approximate surface area is 149 Å². The van der Waals surface area contributed by atoms with E-state index in [1.165, 1.54) is 26.5 Å². The lowest BCUT2D eigenvalue weighted by Crippen LogP contribution is -2.19. The van der Waals surface area contributed by atoms with E-state index in [2.05, 4.69) is 36.2 Å². The number of nitrogens with one attached hydrogen (secondary N) is 1. The first kappa shape index (κ1) is 18.0. The van der Waals surface area contributed by atoms with Crippen molar-refractivity contribution < 1.29 is 24.2 Å². The Morgan fingerprint density at radius 2 is 2.17 bits per heavy atom. The number of amidine groups is 1. The van der Waals surface area contributed by atoms with Crippen molar-refractivity contribution in [2.45, 2.75) is 0 Å². The van der Waals surface area contributed by atoms with Crippen LogP contribution in [0.3, 0.4) is 0 Å². The Hall–Kier alpha value is -2.33. The zero-order chi connectivity index (χ0) is 17.7. The highest BCUT2D eigenvalue weighted by molar-refractivity contribution is 9.10. The number of ether oxygens (including phenoxy) is 2. The van der Waals surface area contributed by atoms with Crippen LogP contribution in [0.2, 0.25) is 0 Å². The van der Waals surface area contributed by atoms with Crippen molar-refractivity contribution in [3.05, 3.63) is 33.2 Å². The third-order valence-electron chi connectivity index (χ3n) is 2.75. The van der Waals surface area contributed by atoms with Gasteiger partial charge in [0, 0.05) is 11.6 Å². The molecule has 0 radical (unpaired) electrons. The summed E-state index contributed by atoms with van der Waals surface area (Å²) in [5.74, 6) is -0.591. The molecule has 24 heavy (non-hydrogen) atoms. The lowest BCUT2D eigenvalue weighted by atomic mass is 10.2. The van der Waals surface area contributed by atoms with Gasteiger partial charge < -0.3 is 14.6 Å². The summed E-state index contributed by atoms with van der Waals surface area (Å²) >= 11 is 4.20. The summed E-state index contributed by atoms with van der Waals surface area (Å²) in [6.45, 7) is 0. The number of thioether (sulfide) groups is 1. The Balaban J connectivity index is 2.14. The van der Waals surface area contributed by atoms with Gasteiger partial charge in [0.1, 0.15) is 11.5 Å². The molecule has 1 aromatic carbocycles. The molecule has 2 rings (SSSR count). The summed E-state index contributed by atoms with van der Waals surface area (Å²) in [7, 11) is 2.72. The number of carbonyl (C=O) groups is 2. The van der Waals surface area contributed by atoms with Crippen LogP contribution in [0.15, 0.2) is 37.8 Å². The van der Waals surface area contributed by atoms with Gasteiger partial charge >= 0.3 is 5.97 Å². The zero-order valence-corrected chi connectivity index (χ0v) is 15.0. The Bertz CT molecular complexity index is 776. The van der Waals surface area contributed by atoms with Crippen LogP contribution in [-0.4, -0.2) is 42.6 Å². The van der Waals surface area contributed by atoms with Gasteiger partial charge in [-0.05, 0) is 39.8 Å². The first-order valence-electron chi connectivity index (χ1n) is 6.41. The van der Waals surface area contributed by atoms with E-state index in [0.717, 1.165) is 17.8 Å². The average Bonchev–Trinajstić information content (AvgIpc) is 2.89. The van der Waals surface area contributed by atoms with Crippen molar-refractivity contribution in [3.8, 4) is 11.5 Å². The maximum Gasteiger partial charge on any atom is 0.331 e. The predicted octanol–water partition coefficient (Wildman–Crippen LogP) is 1.77. The van der Waals surface area contributed by atoms with Crippen LogP contribution in [0.1, 0.15) is 5.56 Å². The number of carbonyl (C=O) groups excluding carboxylic acids is 2. The van der Waals surface area contributed by atoms with Crippen molar-refractivity contribution in [1.82, 2.24) is 5.32 Å². The van der Waals surface area contributed by atoms with Gasteiger partial charge in [-0.1, -0.05) is 0 Å². The molecule has 1 amide bonds. The number of phenolic OH excluding ortho intramolecular Hbond substituents is 1. The number of hydrogen-bond acceptors (Lipinski definition) is 8. The van der Waals surface area contributed by atoms with Crippen LogP contribution < -0.4 is 10.1 Å². The largest absolute Gasteiger partial charge is 0.507 e. The predicted molar refractivity (Wildman–Crippen MR) is 93.2 cm³/mol. The number of halogens is 1.